The second kappa shape index (κ2) is 9.32. The first-order valence-electron chi connectivity index (χ1n) is 7.59. The highest BCUT2D eigenvalue weighted by atomic mass is 32.2. The first-order valence-corrected chi connectivity index (χ1v) is 8.58. The van der Waals surface area contributed by atoms with Crippen LogP contribution in [-0.2, 0) is 20.1 Å². The number of hydrogen-bond acceptors (Lipinski definition) is 5. The summed E-state index contributed by atoms with van der Waals surface area (Å²) in [7, 11) is 0. The van der Waals surface area contributed by atoms with E-state index in [1.807, 2.05) is 30.3 Å². The number of alkyl carbamates (subject to hydrolysis) is 1. The summed E-state index contributed by atoms with van der Waals surface area (Å²) in [5, 5.41) is 11.3. The molecule has 1 atom stereocenters. The third-order valence-electron chi connectivity index (χ3n) is 2.87. The molecule has 0 saturated heterocycles. The molecule has 2 N–H and O–H groups in total. The zero-order valence-electron chi connectivity index (χ0n) is 14.1. The van der Waals surface area contributed by atoms with Gasteiger partial charge < -0.3 is 15.2 Å². The number of aliphatic carboxylic acids is 1. The van der Waals surface area contributed by atoms with Gasteiger partial charge in [-0.05, 0) is 32.8 Å². The van der Waals surface area contributed by atoms with Gasteiger partial charge >= 0.3 is 12.1 Å². The topological polar surface area (TPSA) is 92.7 Å². The summed E-state index contributed by atoms with van der Waals surface area (Å²) in [6.45, 7) is 5.06. The zero-order valence-corrected chi connectivity index (χ0v) is 14.9. The predicted molar refractivity (Wildman–Crippen MR) is 92.8 cm³/mol. The molecule has 0 heterocycles. The monoisotopic (exact) mass is 353 g/mol. The molecule has 132 valence electrons. The van der Waals surface area contributed by atoms with Crippen LogP contribution in [-0.4, -0.2) is 33.9 Å². The van der Waals surface area contributed by atoms with E-state index in [9.17, 15) is 14.4 Å². The third kappa shape index (κ3) is 8.57. The van der Waals surface area contributed by atoms with Gasteiger partial charge in [-0.25, -0.2) is 9.59 Å². The van der Waals surface area contributed by atoms with Crippen LogP contribution in [0.4, 0.5) is 4.79 Å². The molecule has 0 bridgehead atoms. The largest absolute Gasteiger partial charge is 0.480 e. The molecule has 0 aromatic heterocycles. The fraction of sp³-hybridized carbons (Fsp3) is 0.471. The Balaban J connectivity index is 2.41. The van der Waals surface area contributed by atoms with Crippen LogP contribution >= 0.6 is 11.8 Å². The molecule has 1 amide bonds. The molecule has 0 radical (unpaired) electrons. The van der Waals surface area contributed by atoms with Crippen LogP contribution in [0, 0.1) is 0 Å². The number of thioether (sulfide) groups is 1. The second-order valence-electron chi connectivity index (χ2n) is 6.22. The van der Waals surface area contributed by atoms with Gasteiger partial charge in [0.25, 0.3) is 0 Å². The van der Waals surface area contributed by atoms with Crippen LogP contribution in [0.5, 0.6) is 0 Å². The van der Waals surface area contributed by atoms with E-state index in [4.69, 9.17) is 9.84 Å². The number of amides is 1. The van der Waals surface area contributed by atoms with Crippen molar-refractivity contribution in [3.05, 3.63) is 35.9 Å². The Bertz CT molecular complexity index is 568. The number of rotatable bonds is 7. The Labute approximate surface area is 146 Å². The Morgan fingerprint density at radius 2 is 1.83 bits per heavy atom. The Morgan fingerprint density at radius 3 is 2.38 bits per heavy atom. The summed E-state index contributed by atoms with van der Waals surface area (Å²) in [5.41, 5.74) is 0.312. The number of carbonyl (C=O) groups is 3. The third-order valence-corrected chi connectivity index (χ3v) is 3.87. The average Bonchev–Trinajstić information content (AvgIpc) is 2.48. The maximum Gasteiger partial charge on any atom is 0.408 e. The van der Waals surface area contributed by atoms with E-state index in [0.29, 0.717) is 5.75 Å². The maximum absolute atomic E-state index is 11.9. The Morgan fingerprint density at radius 1 is 1.21 bits per heavy atom. The molecule has 7 heteroatoms. The molecule has 1 rings (SSSR count). The molecule has 0 saturated carbocycles. The molecule has 0 aliphatic carbocycles. The van der Waals surface area contributed by atoms with Gasteiger partial charge in [-0.2, -0.15) is 0 Å². The number of ether oxygens (including phenoxy) is 1. The lowest BCUT2D eigenvalue weighted by atomic mass is 10.1. The summed E-state index contributed by atoms with van der Waals surface area (Å²) in [6.07, 6.45) is -0.723. The molecule has 0 aliphatic heterocycles. The quantitative estimate of drug-likeness (QED) is 0.782. The lowest BCUT2D eigenvalue weighted by Gasteiger charge is -2.21. The minimum Gasteiger partial charge on any atom is -0.480 e. The van der Waals surface area contributed by atoms with Gasteiger partial charge in [0.15, 0.2) is 5.12 Å². The number of hydrogen-bond donors (Lipinski definition) is 2. The van der Waals surface area contributed by atoms with Gasteiger partial charge in [0.05, 0.1) is 0 Å². The van der Waals surface area contributed by atoms with E-state index in [1.165, 1.54) is 0 Å². The number of nitrogens with one attached hydrogen (secondary N) is 1. The maximum atomic E-state index is 11.9. The van der Waals surface area contributed by atoms with E-state index in [0.717, 1.165) is 17.3 Å². The molecular formula is C17H23NO5S. The van der Waals surface area contributed by atoms with Gasteiger partial charge in [-0.1, -0.05) is 42.1 Å². The van der Waals surface area contributed by atoms with Crippen molar-refractivity contribution in [3.63, 3.8) is 0 Å². The molecule has 1 unspecified atom stereocenters. The van der Waals surface area contributed by atoms with Crippen LogP contribution in [0.15, 0.2) is 30.3 Å². The van der Waals surface area contributed by atoms with Crippen LogP contribution < -0.4 is 5.32 Å². The van der Waals surface area contributed by atoms with E-state index in [2.05, 4.69) is 5.32 Å². The van der Waals surface area contributed by atoms with Gasteiger partial charge in [0.1, 0.15) is 11.6 Å². The highest BCUT2D eigenvalue weighted by Gasteiger charge is 2.24. The molecule has 24 heavy (non-hydrogen) atoms. The average molecular weight is 353 g/mol. The summed E-state index contributed by atoms with van der Waals surface area (Å²) in [4.78, 5) is 34.7. The minimum absolute atomic E-state index is 0.0230. The molecule has 0 aliphatic rings. The molecule has 6 nitrogen and oxygen atoms in total. The van der Waals surface area contributed by atoms with Gasteiger partial charge in [-0.15, -0.1) is 0 Å². The van der Waals surface area contributed by atoms with Crippen molar-refractivity contribution in [1.82, 2.24) is 5.32 Å². The molecule has 1 aromatic rings. The van der Waals surface area contributed by atoms with E-state index < -0.39 is 23.7 Å². The van der Waals surface area contributed by atoms with Crippen molar-refractivity contribution in [2.24, 2.45) is 0 Å². The van der Waals surface area contributed by atoms with Crippen molar-refractivity contribution in [2.75, 3.05) is 0 Å². The van der Waals surface area contributed by atoms with E-state index in [-0.39, 0.29) is 18.0 Å². The molecule has 0 fully saturated rings. The summed E-state index contributed by atoms with van der Waals surface area (Å²) in [6, 6.07) is 8.38. The SMILES string of the molecule is CC(C)(C)OC(=O)NC(CCC(=O)SCc1ccccc1)C(=O)O. The number of benzene rings is 1. The van der Waals surface area contributed by atoms with Crippen LogP contribution in [0.2, 0.25) is 0 Å². The standard InChI is InChI=1S/C17H23NO5S/c1-17(2,3)23-16(22)18-13(15(20)21)9-10-14(19)24-11-12-7-5-4-6-8-12/h4-8,13H,9-11H2,1-3H3,(H,18,22)(H,20,21). The van der Waals surface area contributed by atoms with Crippen molar-refractivity contribution in [1.29, 1.82) is 0 Å². The minimum atomic E-state index is -1.19. The van der Waals surface area contributed by atoms with Gasteiger partial charge in [0, 0.05) is 12.2 Å². The second-order valence-corrected chi connectivity index (χ2v) is 7.25. The molecule has 1 aromatic carbocycles. The van der Waals surface area contributed by atoms with E-state index in [1.54, 1.807) is 20.8 Å². The van der Waals surface area contributed by atoms with Gasteiger partial charge in [0.2, 0.25) is 0 Å². The number of carboxylic acid groups (broad SMARTS) is 1. The normalized spacial score (nSPS) is 12.3. The summed E-state index contributed by atoms with van der Waals surface area (Å²) >= 11 is 1.14. The first-order chi connectivity index (χ1) is 11.2. The number of carboxylic acids is 1. The lowest BCUT2D eigenvalue weighted by molar-refractivity contribution is -0.139. The zero-order chi connectivity index (χ0) is 18.2. The predicted octanol–water partition coefficient (Wildman–Crippen LogP) is 3.20. The van der Waals surface area contributed by atoms with Crippen LogP contribution in [0.25, 0.3) is 0 Å². The van der Waals surface area contributed by atoms with Crippen molar-refractivity contribution in [3.8, 4) is 0 Å². The summed E-state index contributed by atoms with van der Waals surface area (Å²) < 4.78 is 5.03. The van der Waals surface area contributed by atoms with Crippen LogP contribution in [0.1, 0.15) is 39.2 Å². The Kier molecular flexibility index (Phi) is 7.78. The fourth-order valence-corrected chi connectivity index (χ4v) is 2.56. The van der Waals surface area contributed by atoms with Crippen LogP contribution in [0.3, 0.4) is 0 Å². The lowest BCUT2D eigenvalue weighted by Crippen LogP contribution is -2.43. The smallest absolute Gasteiger partial charge is 0.408 e. The van der Waals surface area contributed by atoms with Crippen molar-refractivity contribution < 1.29 is 24.2 Å². The van der Waals surface area contributed by atoms with E-state index >= 15 is 0 Å². The Hall–Kier alpha value is -2.02. The highest BCUT2D eigenvalue weighted by molar-refractivity contribution is 8.12. The van der Waals surface area contributed by atoms with Crippen molar-refractivity contribution >= 4 is 28.9 Å². The molecule has 0 spiro atoms. The van der Waals surface area contributed by atoms with Crippen molar-refractivity contribution in [2.45, 2.75) is 51.0 Å². The first kappa shape index (κ1) is 20.0. The fourth-order valence-electron chi connectivity index (χ4n) is 1.78. The van der Waals surface area contributed by atoms with Gasteiger partial charge in [-0.3, -0.25) is 4.79 Å². The summed E-state index contributed by atoms with van der Waals surface area (Å²) in [5.74, 6) is -0.654. The number of carbonyl (C=O) groups excluding carboxylic acids is 2. The molecular weight excluding hydrogens is 330 g/mol. The highest BCUT2D eigenvalue weighted by Crippen LogP contribution is 2.16.